The maximum atomic E-state index is 12.5. The van der Waals surface area contributed by atoms with Crippen LogP contribution in [0, 0.1) is 0 Å². The Morgan fingerprint density at radius 2 is 1.52 bits per heavy atom. The molecule has 1 aliphatic heterocycles. The molecule has 1 saturated heterocycles. The fraction of sp³-hybridized carbons (Fsp3) is 0.409. The monoisotopic (exact) mass is 424 g/mol. The summed E-state index contributed by atoms with van der Waals surface area (Å²) in [7, 11) is 1.87. The first-order chi connectivity index (χ1) is 13.1. The molecule has 1 heterocycles. The molecule has 0 bridgehead atoms. The Labute approximate surface area is 171 Å². The normalized spacial score (nSPS) is 15.6. The summed E-state index contributed by atoms with van der Waals surface area (Å²) in [5, 5.41) is 0. The number of carbonyl (C=O) groups excluding carboxylic acids is 1. The van der Waals surface area contributed by atoms with Gasteiger partial charge in [-0.1, -0.05) is 30.3 Å². The minimum atomic E-state index is 0.186. The van der Waals surface area contributed by atoms with Gasteiger partial charge in [-0.05, 0) is 12.0 Å². The van der Waals surface area contributed by atoms with Gasteiger partial charge in [-0.2, -0.15) is 0 Å². The second-order valence-corrected chi connectivity index (χ2v) is 8.38. The van der Waals surface area contributed by atoms with Gasteiger partial charge in [0.15, 0.2) is 0 Å². The van der Waals surface area contributed by atoms with Gasteiger partial charge < -0.3 is 0 Å². The molecule has 0 spiro atoms. The van der Waals surface area contributed by atoms with Crippen LogP contribution >= 0.6 is 0 Å². The van der Waals surface area contributed by atoms with Crippen LogP contribution in [-0.4, -0.2) is 78.5 Å². The Kier molecular flexibility index (Phi) is 7.50. The predicted molar refractivity (Wildman–Crippen MR) is 113 cm³/mol. The zero-order valence-corrected chi connectivity index (χ0v) is 18.2. The summed E-state index contributed by atoms with van der Waals surface area (Å²) in [6, 6.07) is 18.8. The number of nitrogens with zero attached hydrogens (tertiary/aromatic N) is 3. The van der Waals surface area contributed by atoms with Gasteiger partial charge in [-0.25, -0.2) is 0 Å². The topological polar surface area (TPSA) is 26.8 Å². The van der Waals surface area contributed by atoms with Gasteiger partial charge in [-0.15, -0.1) is 0 Å². The molecule has 3 rings (SSSR count). The van der Waals surface area contributed by atoms with E-state index in [9.17, 15) is 4.79 Å². The van der Waals surface area contributed by atoms with Crippen molar-refractivity contribution >= 4 is 32.5 Å². The molecule has 3 radical (unpaired) electrons. The summed E-state index contributed by atoms with van der Waals surface area (Å²) in [6.07, 6.45) is 1.69. The standard InChI is InChI=1S/C22H28GeN3O/c1-24(21-9-7-20(23)8-10-21)22(27)12-14-26-17-15-25(16-18-26)13-11-19-5-3-2-4-6-19/h2-10H,11-18H2,1H3. The van der Waals surface area contributed by atoms with E-state index in [1.165, 1.54) is 9.96 Å². The van der Waals surface area contributed by atoms with Crippen LogP contribution in [0.1, 0.15) is 12.0 Å². The first-order valence-electron chi connectivity index (χ1n) is 9.69. The Morgan fingerprint density at radius 3 is 2.15 bits per heavy atom. The molecule has 5 heteroatoms. The Morgan fingerprint density at radius 1 is 0.926 bits per heavy atom. The zero-order valence-electron chi connectivity index (χ0n) is 16.1. The van der Waals surface area contributed by atoms with Crippen molar-refractivity contribution in [3.8, 4) is 0 Å². The van der Waals surface area contributed by atoms with E-state index in [-0.39, 0.29) is 5.91 Å². The number of hydrogen-bond acceptors (Lipinski definition) is 3. The molecule has 0 atom stereocenters. The SMILES string of the molecule is CN(C(=O)CCN1CCN(CCc2ccccc2)CC1)c1cc[c]([Ge])cc1. The Balaban J connectivity index is 1.36. The molecule has 0 unspecified atom stereocenters. The fourth-order valence-corrected chi connectivity index (χ4v) is 3.77. The molecule has 0 saturated carbocycles. The number of carbonyl (C=O) groups is 1. The molecular formula is C22H28GeN3O. The number of hydrogen-bond donors (Lipinski definition) is 0. The first-order valence-corrected chi connectivity index (χ1v) is 10.7. The first kappa shape index (κ1) is 20.1. The van der Waals surface area contributed by atoms with Crippen LogP contribution in [0.25, 0.3) is 0 Å². The molecule has 1 aliphatic rings. The van der Waals surface area contributed by atoms with E-state index >= 15 is 0 Å². The van der Waals surface area contributed by atoms with E-state index in [1.54, 1.807) is 4.90 Å². The van der Waals surface area contributed by atoms with Crippen molar-refractivity contribution in [2.75, 3.05) is 51.2 Å². The summed E-state index contributed by atoms with van der Waals surface area (Å²) in [6.45, 7) is 6.25. The van der Waals surface area contributed by atoms with Gasteiger partial charge in [0, 0.05) is 6.54 Å². The van der Waals surface area contributed by atoms with Gasteiger partial charge in [-0.3, -0.25) is 0 Å². The quantitative estimate of drug-likeness (QED) is 0.635. The molecule has 0 aliphatic carbocycles. The van der Waals surface area contributed by atoms with Crippen LogP contribution in [0.4, 0.5) is 5.69 Å². The Bertz CT molecular complexity index is 712. The van der Waals surface area contributed by atoms with Crippen LogP contribution in [0.3, 0.4) is 0 Å². The molecule has 4 nitrogen and oxygen atoms in total. The van der Waals surface area contributed by atoms with E-state index in [0.717, 1.165) is 51.4 Å². The second kappa shape index (κ2) is 10.1. The predicted octanol–water partition coefficient (Wildman–Crippen LogP) is 1.69. The summed E-state index contributed by atoms with van der Waals surface area (Å²) >= 11 is 2.06. The van der Waals surface area contributed by atoms with Crippen molar-refractivity contribution in [3.05, 3.63) is 60.2 Å². The number of rotatable bonds is 7. The van der Waals surface area contributed by atoms with Crippen molar-refractivity contribution in [1.82, 2.24) is 9.80 Å². The zero-order chi connectivity index (χ0) is 19.1. The summed E-state index contributed by atoms with van der Waals surface area (Å²) in [5.41, 5.74) is 2.38. The maximum absolute atomic E-state index is 12.5. The number of anilines is 1. The van der Waals surface area contributed by atoms with Crippen molar-refractivity contribution in [2.24, 2.45) is 0 Å². The number of amides is 1. The molecule has 2 aromatic rings. The van der Waals surface area contributed by atoms with Crippen LogP contribution in [0.5, 0.6) is 0 Å². The van der Waals surface area contributed by atoms with Gasteiger partial charge in [0.25, 0.3) is 0 Å². The molecule has 141 valence electrons. The molecule has 1 amide bonds. The molecular weight excluding hydrogens is 395 g/mol. The molecule has 0 N–H and O–H groups in total. The van der Waals surface area contributed by atoms with E-state index in [0.29, 0.717) is 6.42 Å². The summed E-state index contributed by atoms with van der Waals surface area (Å²) < 4.78 is 1.21. The van der Waals surface area contributed by atoms with E-state index in [4.69, 9.17) is 0 Å². The summed E-state index contributed by atoms with van der Waals surface area (Å²) in [4.78, 5) is 19.2. The average molecular weight is 423 g/mol. The van der Waals surface area contributed by atoms with Gasteiger partial charge in [0.1, 0.15) is 0 Å². The molecule has 27 heavy (non-hydrogen) atoms. The van der Waals surface area contributed by atoms with Crippen LogP contribution < -0.4 is 9.30 Å². The van der Waals surface area contributed by atoms with E-state index in [1.807, 2.05) is 31.3 Å². The molecule has 2 aromatic carbocycles. The van der Waals surface area contributed by atoms with Gasteiger partial charge in [0.2, 0.25) is 0 Å². The van der Waals surface area contributed by atoms with Gasteiger partial charge >= 0.3 is 122 Å². The summed E-state index contributed by atoms with van der Waals surface area (Å²) in [5.74, 6) is 0.186. The van der Waals surface area contributed by atoms with Crippen LogP contribution in [0.15, 0.2) is 54.6 Å². The third-order valence-electron chi connectivity index (χ3n) is 5.30. The van der Waals surface area contributed by atoms with Crippen LogP contribution in [-0.2, 0) is 11.2 Å². The van der Waals surface area contributed by atoms with Gasteiger partial charge in [0.05, 0.1) is 0 Å². The molecule has 1 fully saturated rings. The van der Waals surface area contributed by atoms with Crippen molar-refractivity contribution in [3.63, 3.8) is 0 Å². The fourth-order valence-electron chi connectivity index (χ4n) is 3.42. The van der Waals surface area contributed by atoms with Crippen LogP contribution in [0.2, 0.25) is 0 Å². The average Bonchev–Trinajstić information content (AvgIpc) is 2.72. The third-order valence-corrected chi connectivity index (χ3v) is 5.99. The third kappa shape index (κ3) is 6.20. The van der Waals surface area contributed by atoms with E-state index in [2.05, 4.69) is 56.6 Å². The van der Waals surface area contributed by atoms with Crippen molar-refractivity contribution in [2.45, 2.75) is 12.8 Å². The second-order valence-electron chi connectivity index (χ2n) is 7.17. The van der Waals surface area contributed by atoms with E-state index < -0.39 is 0 Å². The van der Waals surface area contributed by atoms with Crippen molar-refractivity contribution in [1.29, 1.82) is 0 Å². The minimum absolute atomic E-state index is 0.186. The number of piperazine rings is 1. The molecule has 0 aromatic heterocycles. The number of benzene rings is 2. The van der Waals surface area contributed by atoms with Crippen molar-refractivity contribution < 1.29 is 4.79 Å². The Hall–Kier alpha value is -1.63.